The predicted molar refractivity (Wildman–Crippen MR) is 73.3 cm³/mol. The number of nitrogens with one attached hydrogen (secondary N) is 1. The molecule has 0 radical (unpaired) electrons. The van der Waals surface area contributed by atoms with Gasteiger partial charge in [0.05, 0.1) is 28.8 Å². The fourth-order valence-electron chi connectivity index (χ4n) is 1.80. The Kier molecular flexibility index (Phi) is 4.32. The number of nitrogens with zero attached hydrogens (tertiary/aromatic N) is 1. The Morgan fingerprint density at radius 2 is 2.00 bits per heavy atom. The number of hydrazine groups is 1. The minimum absolute atomic E-state index is 0.110. The summed E-state index contributed by atoms with van der Waals surface area (Å²) in [5.41, 5.74) is 6.58. The van der Waals surface area contributed by atoms with E-state index in [-0.39, 0.29) is 10.6 Å². The van der Waals surface area contributed by atoms with Gasteiger partial charge in [-0.15, -0.1) is 4.83 Å². The van der Waals surface area contributed by atoms with Crippen LogP contribution in [0.4, 0.5) is 5.69 Å². The molecule has 0 bridgehead atoms. The Balaban J connectivity index is 2.24. The minimum atomic E-state index is -3.64. The fourth-order valence-corrected chi connectivity index (χ4v) is 3.15. The van der Waals surface area contributed by atoms with E-state index in [0.717, 1.165) is 0 Å². The number of anilines is 1. The van der Waals surface area contributed by atoms with Gasteiger partial charge in [-0.2, -0.15) is 0 Å². The highest BCUT2D eigenvalue weighted by Crippen LogP contribution is 2.26. The second-order valence-corrected chi connectivity index (χ2v) is 6.38. The van der Waals surface area contributed by atoms with Crippen LogP contribution < -0.4 is 10.6 Å². The van der Waals surface area contributed by atoms with Crippen molar-refractivity contribution in [1.82, 2.24) is 9.84 Å². The summed E-state index contributed by atoms with van der Waals surface area (Å²) in [6.07, 6.45) is 0. The molecule has 1 aromatic rings. The molecule has 3 N–H and O–H groups in total. The average molecular weight is 306 g/mol. The lowest BCUT2D eigenvalue weighted by molar-refractivity contribution is 0.0272. The van der Waals surface area contributed by atoms with Gasteiger partial charge in [0.25, 0.3) is 10.0 Å². The summed E-state index contributed by atoms with van der Waals surface area (Å²) in [6, 6.07) is 2.86. The summed E-state index contributed by atoms with van der Waals surface area (Å²) in [5, 5.41) is 1.99. The molecule has 0 atom stereocenters. The Bertz CT molecular complexity index is 548. The molecule has 1 saturated heterocycles. The highest BCUT2D eigenvalue weighted by atomic mass is 35.5. The van der Waals surface area contributed by atoms with Gasteiger partial charge in [-0.05, 0) is 24.6 Å². The van der Waals surface area contributed by atoms with Crippen molar-refractivity contribution >= 4 is 27.3 Å². The van der Waals surface area contributed by atoms with Gasteiger partial charge in [0.15, 0.2) is 0 Å². The first-order chi connectivity index (χ1) is 8.90. The van der Waals surface area contributed by atoms with Gasteiger partial charge in [-0.25, -0.2) is 13.4 Å². The molecule has 2 rings (SSSR count). The second-order valence-electron chi connectivity index (χ2n) is 4.34. The third-order valence-electron chi connectivity index (χ3n) is 2.83. The van der Waals surface area contributed by atoms with Gasteiger partial charge >= 0.3 is 0 Å². The number of aryl methyl sites for hydroxylation is 1. The summed E-state index contributed by atoms with van der Waals surface area (Å²) in [6.45, 7) is 3.75. The van der Waals surface area contributed by atoms with Crippen LogP contribution in [0.15, 0.2) is 17.0 Å². The Hall–Kier alpha value is -0.860. The van der Waals surface area contributed by atoms with E-state index in [1.807, 2.05) is 0 Å². The van der Waals surface area contributed by atoms with Crippen LogP contribution in [0.3, 0.4) is 0 Å². The van der Waals surface area contributed by atoms with Gasteiger partial charge in [0.1, 0.15) is 0 Å². The van der Waals surface area contributed by atoms with E-state index >= 15 is 0 Å². The molecule has 1 heterocycles. The van der Waals surface area contributed by atoms with E-state index in [4.69, 9.17) is 22.1 Å². The van der Waals surface area contributed by atoms with Gasteiger partial charge in [0.2, 0.25) is 0 Å². The molecule has 8 heteroatoms. The van der Waals surface area contributed by atoms with E-state index in [1.165, 1.54) is 12.1 Å². The fraction of sp³-hybridized carbons (Fsp3) is 0.455. The highest BCUT2D eigenvalue weighted by molar-refractivity contribution is 7.89. The highest BCUT2D eigenvalue weighted by Gasteiger charge is 2.21. The van der Waals surface area contributed by atoms with E-state index < -0.39 is 10.0 Å². The maximum Gasteiger partial charge on any atom is 0.253 e. The van der Waals surface area contributed by atoms with Crippen LogP contribution in [0.25, 0.3) is 0 Å². The predicted octanol–water partition coefficient (Wildman–Crippen LogP) is 0.756. The van der Waals surface area contributed by atoms with Crippen molar-refractivity contribution in [3.63, 3.8) is 0 Å². The first kappa shape index (κ1) is 14.5. The number of ether oxygens (including phenoxy) is 1. The average Bonchev–Trinajstić information content (AvgIpc) is 2.36. The van der Waals surface area contributed by atoms with Gasteiger partial charge in [0, 0.05) is 13.1 Å². The first-order valence-electron chi connectivity index (χ1n) is 5.81. The van der Waals surface area contributed by atoms with Gasteiger partial charge < -0.3 is 10.5 Å². The molecule has 1 aliphatic rings. The lowest BCUT2D eigenvalue weighted by atomic mass is 10.2. The Morgan fingerprint density at radius 3 is 2.58 bits per heavy atom. The van der Waals surface area contributed by atoms with Crippen molar-refractivity contribution in [3.05, 3.63) is 22.7 Å². The number of hydrogen-bond acceptors (Lipinski definition) is 5. The maximum absolute atomic E-state index is 12.2. The third-order valence-corrected chi connectivity index (χ3v) is 4.70. The summed E-state index contributed by atoms with van der Waals surface area (Å²) in [7, 11) is -3.64. The number of nitrogens with two attached hydrogens (primary N) is 1. The molecule has 0 saturated carbocycles. The van der Waals surface area contributed by atoms with E-state index in [1.54, 1.807) is 11.9 Å². The Labute approximate surface area is 117 Å². The summed E-state index contributed by atoms with van der Waals surface area (Å²) in [4.78, 5) is 2.62. The molecule has 0 aliphatic carbocycles. The quantitative estimate of drug-likeness (QED) is 0.805. The first-order valence-corrected chi connectivity index (χ1v) is 7.67. The molecule has 106 valence electrons. The molecule has 19 heavy (non-hydrogen) atoms. The molecule has 0 aromatic heterocycles. The minimum Gasteiger partial charge on any atom is -0.397 e. The molecular weight excluding hydrogens is 290 g/mol. The monoisotopic (exact) mass is 305 g/mol. The molecule has 1 aliphatic heterocycles. The molecule has 1 aromatic carbocycles. The third kappa shape index (κ3) is 3.37. The summed E-state index contributed by atoms with van der Waals surface area (Å²) >= 11 is 5.92. The number of sulfonamides is 1. The SMILES string of the molecule is Cc1cc(S(=O)(=O)NN2CCOCC2)cc(N)c1Cl. The zero-order valence-electron chi connectivity index (χ0n) is 10.5. The van der Waals surface area contributed by atoms with Crippen molar-refractivity contribution < 1.29 is 13.2 Å². The van der Waals surface area contributed by atoms with Crippen LogP contribution in [0, 0.1) is 6.92 Å². The van der Waals surface area contributed by atoms with Crippen LogP contribution in [0.1, 0.15) is 5.56 Å². The van der Waals surface area contributed by atoms with Crippen molar-refractivity contribution in [2.24, 2.45) is 0 Å². The van der Waals surface area contributed by atoms with E-state index in [9.17, 15) is 8.42 Å². The number of rotatable bonds is 3. The van der Waals surface area contributed by atoms with Crippen LogP contribution in [-0.4, -0.2) is 39.7 Å². The topological polar surface area (TPSA) is 84.7 Å². The van der Waals surface area contributed by atoms with Crippen LogP contribution in [-0.2, 0) is 14.8 Å². The zero-order valence-corrected chi connectivity index (χ0v) is 12.1. The Morgan fingerprint density at radius 1 is 1.37 bits per heavy atom. The zero-order chi connectivity index (χ0) is 14.0. The van der Waals surface area contributed by atoms with Crippen molar-refractivity contribution in [2.45, 2.75) is 11.8 Å². The lowest BCUT2D eigenvalue weighted by Crippen LogP contribution is -2.48. The molecule has 1 fully saturated rings. The lowest BCUT2D eigenvalue weighted by Gasteiger charge is -2.26. The number of nitrogen functional groups attached to an aromatic ring is 1. The molecule has 0 spiro atoms. The number of halogens is 1. The van der Waals surface area contributed by atoms with Crippen molar-refractivity contribution in [3.8, 4) is 0 Å². The van der Waals surface area contributed by atoms with Crippen molar-refractivity contribution in [1.29, 1.82) is 0 Å². The summed E-state index contributed by atoms with van der Waals surface area (Å²) < 4.78 is 29.6. The number of hydrogen-bond donors (Lipinski definition) is 2. The van der Waals surface area contributed by atoms with E-state index in [2.05, 4.69) is 4.83 Å². The number of benzene rings is 1. The van der Waals surface area contributed by atoms with Crippen LogP contribution >= 0.6 is 11.6 Å². The van der Waals surface area contributed by atoms with Crippen LogP contribution in [0.2, 0.25) is 5.02 Å². The normalized spacial score (nSPS) is 17.6. The molecular formula is C11H16ClN3O3S. The number of morpholine rings is 1. The summed E-state index contributed by atoms with van der Waals surface area (Å²) in [5.74, 6) is 0. The second kappa shape index (κ2) is 5.64. The molecule has 0 amide bonds. The van der Waals surface area contributed by atoms with Crippen LogP contribution in [0.5, 0.6) is 0 Å². The smallest absolute Gasteiger partial charge is 0.253 e. The van der Waals surface area contributed by atoms with Crippen molar-refractivity contribution in [2.75, 3.05) is 32.0 Å². The van der Waals surface area contributed by atoms with Gasteiger partial charge in [-0.3, -0.25) is 0 Å². The largest absolute Gasteiger partial charge is 0.397 e. The molecule has 6 nitrogen and oxygen atoms in total. The van der Waals surface area contributed by atoms with Gasteiger partial charge in [-0.1, -0.05) is 11.6 Å². The maximum atomic E-state index is 12.2. The van der Waals surface area contributed by atoms with E-state index in [0.29, 0.717) is 36.9 Å². The standard InChI is InChI=1S/C11H16ClN3O3S/c1-8-6-9(7-10(13)11(8)12)19(16,17)14-15-2-4-18-5-3-15/h6-7,14H,2-5,13H2,1H3. The molecule has 0 unspecified atom stereocenters.